The molecule has 0 aliphatic heterocycles. The smallest absolute Gasteiger partial charge is 0.163 e. The van der Waals surface area contributed by atoms with Crippen molar-refractivity contribution in [2.45, 2.75) is 0 Å². The summed E-state index contributed by atoms with van der Waals surface area (Å²) in [5.74, 6) is 0.519. The number of aromatic amines is 1. The molecule has 4 nitrogen and oxygen atoms in total. The van der Waals surface area contributed by atoms with Gasteiger partial charge in [-0.25, -0.2) is 15.0 Å². The van der Waals surface area contributed by atoms with Gasteiger partial charge in [-0.05, 0) is 36.4 Å². The molecule has 1 N–H and O–H groups in total. The molecule has 0 atom stereocenters. The van der Waals surface area contributed by atoms with E-state index in [1.165, 1.54) is 0 Å². The van der Waals surface area contributed by atoms with Gasteiger partial charge in [0.15, 0.2) is 5.82 Å². The van der Waals surface area contributed by atoms with Crippen LogP contribution in [0, 0.1) is 0 Å². The van der Waals surface area contributed by atoms with Crippen LogP contribution in [0.5, 0.6) is 0 Å². The molecule has 0 bridgehead atoms. The standard InChI is InChI=1S/C19H10Cl2N4/c20-10-4-3-5-11(21)18(10)19-24-16-8-14-15(9-17(16)25-19)23-13-7-2-1-6-12(13)22-14/h1-9,22H. The van der Waals surface area contributed by atoms with E-state index in [4.69, 9.17) is 28.2 Å². The van der Waals surface area contributed by atoms with Crippen molar-refractivity contribution in [2.24, 2.45) is 0 Å². The maximum atomic E-state index is 6.28. The summed E-state index contributed by atoms with van der Waals surface area (Å²) >= 11 is 12.6. The van der Waals surface area contributed by atoms with E-state index < -0.39 is 0 Å². The van der Waals surface area contributed by atoms with Crippen molar-refractivity contribution in [3.05, 3.63) is 64.6 Å². The van der Waals surface area contributed by atoms with E-state index in [9.17, 15) is 0 Å². The summed E-state index contributed by atoms with van der Waals surface area (Å²) in [4.78, 5) is 17.3. The predicted octanol–water partition coefficient (Wildman–Crippen LogP) is 5.63. The molecule has 2 aromatic heterocycles. The minimum atomic E-state index is 0.519. The molecule has 0 spiro atoms. The molecule has 0 amide bonds. The Kier molecular flexibility index (Phi) is 3.17. The molecule has 0 saturated carbocycles. The first-order chi connectivity index (χ1) is 12.2. The Balaban J connectivity index is 1.79. The second-order valence-electron chi connectivity index (χ2n) is 5.76. The van der Waals surface area contributed by atoms with E-state index in [-0.39, 0.29) is 0 Å². The van der Waals surface area contributed by atoms with Crippen molar-refractivity contribution >= 4 is 56.3 Å². The Labute approximate surface area is 152 Å². The van der Waals surface area contributed by atoms with Crippen LogP contribution in [0.1, 0.15) is 0 Å². The highest BCUT2D eigenvalue weighted by molar-refractivity contribution is 6.39. The molecular formula is C19H10Cl2N4. The van der Waals surface area contributed by atoms with Gasteiger partial charge in [0.1, 0.15) is 0 Å². The summed E-state index contributed by atoms with van der Waals surface area (Å²) in [7, 11) is 0. The highest BCUT2D eigenvalue weighted by atomic mass is 35.5. The van der Waals surface area contributed by atoms with Crippen LogP contribution in [-0.4, -0.2) is 19.9 Å². The number of nitrogens with one attached hydrogen (secondary N) is 1. The van der Waals surface area contributed by atoms with Crippen LogP contribution < -0.4 is 0 Å². The van der Waals surface area contributed by atoms with Crippen molar-refractivity contribution in [1.82, 2.24) is 19.9 Å². The third-order valence-electron chi connectivity index (χ3n) is 4.15. The first-order valence-corrected chi connectivity index (χ1v) is 8.45. The largest absolute Gasteiger partial charge is 0.352 e. The molecule has 0 saturated heterocycles. The van der Waals surface area contributed by atoms with E-state index in [2.05, 4.69) is 15.0 Å². The molecule has 0 fully saturated rings. The number of rotatable bonds is 1. The topological polar surface area (TPSA) is 54.5 Å². The van der Waals surface area contributed by atoms with Gasteiger partial charge in [0.2, 0.25) is 0 Å². The summed E-state index contributed by atoms with van der Waals surface area (Å²) in [5.41, 5.74) is 5.80. The zero-order chi connectivity index (χ0) is 17.0. The Bertz CT molecular complexity index is 1180. The molecule has 25 heavy (non-hydrogen) atoms. The van der Waals surface area contributed by atoms with Gasteiger partial charge in [0.05, 0.1) is 48.7 Å². The van der Waals surface area contributed by atoms with Crippen LogP contribution in [0.15, 0.2) is 54.6 Å². The molecule has 0 unspecified atom stereocenters. The minimum absolute atomic E-state index is 0.519. The number of aromatic nitrogens is 4. The van der Waals surface area contributed by atoms with Gasteiger partial charge in [-0.15, -0.1) is 0 Å². The van der Waals surface area contributed by atoms with Crippen molar-refractivity contribution < 1.29 is 0 Å². The number of fused-ring (bicyclic) bond motifs is 3. The van der Waals surface area contributed by atoms with Gasteiger partial charge in [0, 0.05) is 0 Å². The zero-order valence-electron chi connectivity index (χ0n) is 12.8. The molecule has 5 rings (SSSR count). The van der Waals surface area contributed by atoms with Crippen molar-refractivity contribution in [1.29, 1.82) is 0 Å². The van der Waals surface area contributed by atoms with Gasteiger partial charge in [-0.3, -0.25) is 0 Å². The van der Waals surface area contributed by atoms with Crippen molar-refractivity contribution in [2.75, 3.05) is 0 Å². The van der Waals surface area contributed by atoms with Gasteiger partial charge in [0.25, 0.3) is 0 Å². The zero-order valence-corrected chi connectivity index (χ0v) is 14.3. The summed E-state index contributed by atoms with van der Waals surface area (Å²) in [5, 5.41) is 1.06. The number of imidazole rings is 1. The van der Waals surface area contributed by atoms with Gasteiger partial charge in [-0.1, -0.05) is 41.4 Å². The minimum Gasteiger partial charge on any atom is -0.352 e. The number of hydrogen-bond acceptors (Lipinski definition) is 3. The molecule has 0 aliphatic carbocycles. The summed E-state index contributed by atoms with van der Waals surface area (Å²) < 4.78 is 0. The normalized spacial score (nSPS) is 11.6. The van der Waals surface area contributed by atoms with Crippen molar-refractivity contribution in [3.8, 4) is 11.4 Å². The molecular weight excluding hydrogens is 355 g/mol. The summed E-state index contributed by atoms with van der Waals surface area (Å²) in [6, 6.07) is 17.2. The van der Waals surface area contributed by atoms with Gasteiger partial charge >= 0.3 is 0 Å². The first kappa shape index (κ1) is 14.6. The Morgan fingerprint density at radius 3 is 2.16 bits per heavy atom. The van der Waals surface area contributed by atoms with E-state index in [0.717, 1.165) is 33.1 Å². The second-order valence-corrected chi connectivity index (χ2v) is 6.57. The van der Waals surface area contributed by atoms with Crippen LogP contribution in [0.2, 0.25) is 10.0 Å². The Hall–Kier alpha value is -2.69. The molecule has 2 heterocycles. The number of hydrogen-bond donors (Lipinski definition) is 1. The van der Waals surface area contributed by atoms with Gasteiger partial charge in [-0.2, -0.15) is 0 Å². The highest BCUT2D eigenvalue weighted by Crippen LogP contribution is 2.34. The summed E-state index contributed by atoms with van der Waals surface area (Å²) in [6.07, 6.45) is 0. The maximum absolute atomic E-state index is 6.28. The molecule has 5 aromatic rings. The maximum Gasteiger partial charge on any atom is 0.163 e. The van der Waals surface area contributed by atoms with E-state index in [1.807, 2.05) is 36.4 Å². The second kappa shape index (κ2) is 5.41. The molecule has 0 aliphatic rings. The van der Waals surface area contributed by atoms with Crippen LogP contribution in [0.4, 0.5) is 0 Å². The molecule has 0 radical (unpaired) electrons. The number of halogens is 2. The van der Waals surface area contributed by atoms with Crippen molar-refractivity contribution in [3.63, 3.8) is 0 Å². The Morgan fingerprint density at radius 1 is 0.640 bits per heavy atom. The third-order valence-corrected chi connectivity index (χ3v) is 4.78. The van der Waals surface area contributed by atoms with Crippen LogP contribution in [0.3, 0.4) is 0 Å². The first-order valence-electron chi connectivity index (χ1n) is 7.70. The summed E-state index contributed by atoms with van der Waals surface area (Å²) in [6.45, 7) is 0. The average Bonchev–Trinajstić information content (AvgIpc) is 2.99. The lowest BCUT2D eigenvalue weighted by atomic mass is 10.2. The van der Waals surface area contributed by atoms with Crippen LogP contribution >= 0.6 is 23.2 Å². The number of para-hydroxylation sites is 2. The fourth-order valence-corrected chi connectivity index (χ4v) is 3.53. The number of H-pyrrole nitrogens is 1. The number of nitrogens with zero attached hydrogens (tertiary/aromatic N) is 3. The third kappa shape index (κ3) is 2.34. The van der Waals surface area contributed by atoms with E-state index in [0.29, 0.717) is 21.4 Å². The van der Waals surface area contributed by atoms with E-state index in [1.54, 1.807) is 18.2 Å². The predicted molar refractivity (Wildman–Crippen MR) is 102 cm³/mol. The van der Waals surface area contributed by atoms with E-state index >= 15 is 0 Å². The van der Waals surface area contributed by atoms with Crippen LogP contribution in [0.25, 0.3) is 44.5 Å². The van der Waals surface area contributed by atoms with Crippen LogP contribution in [-0.2, 0) is 0 Å². The fourth-order valence-electron chi connectivity index (χ4n) is 2.97. The molecule has 3 aromatic carbocycles. The lowest BCUT2D eigenvalue weighted by Crippen LogP contribution is -1.87. The molecule has 6 heteroatoms. The molecule has 120 valence electrons. The quantitative estimate of drug-likeness (QED) is 0.392. The SMILES string of the molecule is Clc1cccc(Cl)c1-c1nc2cc3nc4ccccc4[nH]c3cc2n1. The average molecular weight is 365 g/mol. The highest BCUT2D eigenvalue weighted by Gasteiger charge is 2.15. The fraction of sp³-hybridized carbons (Fsp3) is 0. The lowest BCUT2D eigenvalue weighted by Gasteiger charge is -2.01. The Morgan fingerprint density at radius 2 is 1.36 bits per heavy atom. The monoisotopic (exact) mass is 364 g/mol. The van der Waals surface area contributed by atoms with Gasteiger partial charge < -0.3 is 4.98 Å². The lowest BCUT2D eigenvalue weighted by molar-refractivity contribution is 1.34. The number of benzene rings is 3.